The Labute approximate surface area is 199 Å². The first-order chi connectivity index (χ1) is 14.9. The molecule has 4 nitrogen and oxygen atoms in total. The molecule has 0 atom stereocenters. The fraction of sp³-hybridized carbons (Fsp3) is 0.0435. The number of benzene rings is 3. The van der Waals surface area contributed by atoms with Gasteiger partial charge in [-0.05, 0) is 48.0 Å². The topological polar surface area (TPSA) is 62.1 Å². The summed E-state index contributed by atoms with van der Waals surface area (Å²) >= 11 is 24.3. The molecule has 3 aromatic rings. The number of carbonyl (C=O) groups excluding carboxylic acids is 1. The maximum Gasteiger partial charge on any atom is 0.266 e. The van der Waals surface area contributed by atoms with Crippen LogP contribution in [-0.2, 0) is 11.4 Å². The molecular formula is C23H14Cl4N2O2. The van der Waals surface area contributed by atoms with Crippen molar-refractivity contribution >= 4 is 64.1 Å². The van der Waals surface area contributed by atoms with Crippen LogP contribution in [0.5, 0.6) is 5.75 Å². The van der Waals surface area contributed by atoms with Crippen molar-refractivity contribution in [3.8, 4) is 11.8 Å². The second kappa shape index (κ2) is 10.6. The Hall–Kier alpha value is -2.68. The highest BCUT2D eigenvalue weighted by Gasteiger charge is 2.12. The van der Waals surface area contributed by atoms with Crippen molar-refractivity contribution in [2.75, 3.05) is 5.32 Å². The fourth-order valence-corrected chi connectivity index (χ4v) is 3.59. The second-order valence-corrected chi connectivity index (χ2v) is 8.04. The van der Waals surface area contributed by atoms with Gasteiger partial charge in [0.05, 0.1) is 5.02 Å². The molecule has 0 saturated carbocycles. The molecule has 0 aliphatic carbocycles. The van der Waals surface area contributed by atoms with E-state index < -0.39 is 5.91 Å². The number of amides is 1. The third kappa shape index (κ3) is 6.40. The highest BCUT2D eigenvalue weighted by atomic mass is 35.5. The lowest BCUT2D eigenvalue weighted by atomic mass is 10.1. The Morgan fingerprint density at radius 1 is 0.968 bits per heavy atom. The van der Waals surface area contributed by atoms with Crippen molar-refractivity contribution in [3.63, 3.8) is 0 Å². The number of hydrogen-bond acceptors (Lipinski definition) is 3. The third-order valence-electron chi connectivity index (χ3n) is 4.09. The largest absolute Gasteiger partial charge is 0.487 e. The number of nitrogens with zero attached hydrogens (tertiary/aromatic N) is 1. The second-order valence-electron chi connectivity index (χ2n) is 6.35. The van der Waals surface area contributed by atoms with E-state index in [-0.39, 0.29) is 12.2 Å². The maximum atomic E-state index is 12.5. The molecule has 0 aliphatic heterocycles. The first kappa shape index (κ1) is 23.0. The molecule has 156 valence electrons. The first-order valence-corrected chi connectivity index (χ1v) is 10.4. The lowest BCUT2D eigenvalue weighted by Gasteiger charge is -2.10. The van der Waals surface area contributed by atoms with Crippen LogP contribution in [0.4, 0.5) is 5.69 Å². The average molecular weight is 492 g/mol. The van der Waals surface area contributed by atoms with Gasteiger partial charge in [0.2, 0.25) is 0 Å². The zero-order chi connectivity index (χ0) is 22.4. The molecule has 0 aliphatic rings. The molecule has 0 radical (unpaired) electrons. The fourth-order valence-electron chi connectivity index (χ4n) is 2.63. The van der Waals surface area contributed by atoms with Gasteiger partial charge in [-0.25, -0.2) is 0 Å². The van der Waals surface area contributed by atoms with Crippen molar-refractivity contribution < 1.29 is 9.53 Å². The smallest absolute Gasteiger partial charge is 0.266 e. The Balaban J connectivity index is 1.73. The standard InChI is InChI=1S/C23H14Cl4N2O2/c24-17-9-18(25)11-19(10-17)29-23(30)16(12-28)7-14-5-6-22(21(27)8-14)31-13-15-3-1-2-4-20(15)26/h1-11H,13H2,(H,29,30)/b16-7+. The summed E-state index contributed by atoms with van der Waals surface area (Å²) in [7, 11) is 0. The Kier molecular flexibility index (Phi) is 7.84. The van der Waals surface area contributed by atoms with E-state index in [4.69, 9.17) is 51.1 Å². The zero-order valence-electron chi connectivity index (χ0n) is 15.8. The minimum Gasteiger partial charge on any atom is -0.487 e. The monoisotopic (exact) mass is 490 g/mol. The number of carbonyl (C=O) groups is 1. The summed E-state index contributed by atoms with van der Waals surface area (Å²) in [5.74, 6) is -0.147. The van der Waals surface area contributed by atoms with E-state index in [9.17, 15) is 10.1 Å². The van der Waals surface area contributed by atoms with Gasteiger partial charge in [-0.3, -0.25) is 4.79 Å². The van der Waals surface area contributed by atoms with Gasteiger partial charge < -0.3 is 10.1 Å². The summed E-state index contributed by atoms with van der Waals surface area (Å²) in [6, 6.07) is 18.8. The molecule has 1 N–H and O–H groups in total. The number of halogens is 4. The van der Waals surface area contributed by atoms with E-state index in [2.05, 4.69) is 5.32 Å². The Bertz CT molecular complexity index is 1180. The van der Waals surface area contributed by atoms with Gasteiger partial charge in [0, 0.05) is 26.3 Å². The number of anilines is 1. The van der Waals surface area contributed by atoms with Gasteiger partial charge in [0.25, 0.3) is 5.91 Å². The average Bonchev–Trinajstić information content (AvgIpc) is 2.71. The molecule has 0 saturated heterocycles. The van der Waals surface area contributed by atoms with E-state index in [1.807, 2.05) is 24.3 Å². The van der Waals surface area contributed by atoms with Crippen molar-refractivity contribution in [1.82, 2.24) is 0 Å². The number of ether oxygens (including phenoxy) is 1. The van der Waals surface area contributed by atoms with Crippen molar-refractivity contribution in [2.45, 2.75) is 6.61 Å². The normalized spacial score (nSPS) is 11.0. The summed E-state index contributed by atoms with van der Waals surface area (Å²) in [5.41, 5.74) is 1.65. The first-order valence-electron chi connectivity index (χ1n) is 8.90. The minimum absolute atomic E-state index is 0.114. The van der Waals surface area contributed by atoms with Gasteiger partial charge in [0.1, 0.15) is 24.0 Å². The zero-order valence-corrected chi connectivity index (χ0v) is 18.9. The van der Waals surface area contributed by atoms with Crippen LogP contribution in [0.2, 0.25) is 20.1 Å². The highest BCUT2D eigenvalue weighted by Crippen LogP contribution is 2.28. The maximum absolute atomic E-state index is 12.5. The lowest BCUT2D eigenvalue weighted by Crippen LogP contribution is -2.13. The van der Waals surface area contributed by atoms with Crippen LogP contribution < -0.4 is 10.1 Å². The van der Waals surface area contributed by atoms with Gasteiger partial charge in [0.15, 0.2) is 0 Å². The molecule has 0 heterocycles. The Morgan fingerprint density at radius 3 is 2.32 bits per heavy atom. The van der Waals surface area contributed by atoms with E-state index in [1.165, 1.54) is 24.3 Å². The molecule has 8 heteroatoms. The SMILES string of the molecule is N#C/C(=C\c1ccc(OCc2ccccc2Cl)c(Cl)c1)C(=O)Nc1cc(Cl)cc(Cl)c1. The number of nitriles is 1. The van der Waals surface area contributed by atoms with Crippen LogP contribution in [0.1, 0.15) is 11.1 Å². The van der Waals surface area contributed by atoms with Crippen LogP contribution in [0.25, 0.3) is 6.08 Å². The van der Waals surface area contributed by atoms with Crippen LogP contribution in [-0.4, -0.2) is 5.91 Å². The predicted octanol–water partition coefficient (Wildman–Crippen LogP) is 7.42. The number of hydrogen-bond donors (Lipinski definition) is 1. The van der Waals surface area contributed by atoms with E-state index in [0.717, 1.165) is 5.56 Å². The van der Waals surface area contributed by atoms with Gasteiger partial charge in [-0.15, -0.1) is 0 Å². The lowest BCUT2D eigenvalue weighted by molar-refractivity contribution is -0.112. The molecule has 1 amide bonds. The molecule has 0 spiro atoms. The van der Waals surface area contributed by atoms with E-state index in [1.54, 1.807) is 24.3 Å². The van der Waals surface area contributed by atoms with Gasteiger partial charge >= 0.3 is 0 Å². The molecule has 0 unspecified atom stereocenters. The van der Waals surface area contributed by atoms with E-state index in [0.29, 0.717) is 37.1 Å². The van der Waals surface area contributed by atoms with Crippen LogP contribution in [0.15, 0.2) is 66.2 Å². The molecule has 3 aromatic carbocycles. The molecule has 0 fully saturated rings. The van der Waals surface area contributed by atoms with Crippen molar-refractivity contribution in [3.05, 3.63) is 97.5 Å². The summed E-state index contributed by atoms with van der Waals surface area (Å²) in [6.07, 6.45) is 1.42. The van der Waals surface area contributed by atoms with Crippen molar-refractivity contribution in [1.29, 1.82) is 5.26 Å². The molecule has 3 rings (SSSR count). The van der Waals surface area contributed by atoms with Gasteiger partial charge in [-0.1, -0.05) is 70.7 Å². The molecule has 31 heavy (non-hydrogen) atoms. The van der Waals surface area contributed by atoms with E-state index >= 15 is 0 Å². The van der Waals surface area contributed by atoms with Crippen LogP contribution in [0, 0.1) is 11.3 Å². The van der Waals surface area contributed by atoms with Crippen molar-refractivity contribution in [2.24, 2.45) is 0 Å². The van der Waals surface area contributed by atoms with Gasteiger partial charge in [-0.2, -0.15) is 5.26 Å². The third-order valence-corrected chi connectivity index (χ3v) is 5.19. The summed E-state index contributed by atoms with van der Waals surface area (Å²) in [4.78, 5) is 12.5. The number of rotatable bonds is 6. The minimum atomic E-state index is -0.601. The molecule has 0 aromatic heterocycles. The van der Waals surface area contributed by atoms with Crippen LogP contribution in [0.3, 0.4) is 0 Å². The highest BCUT2D eigenvalue weighted by molar-refractivity contribution is 6.35. The number of nitrogens with one attached hydrogen (secondary N) is 1. The summed E-state index contributed by atoms with van der Waals surface area (Å²) in [6.45, 7) is 0.253. The summed E-state index contributed by atoms with van der Waals surface area (Å²) in [5, 5.41) is 13.7. The van der Waals surface area contributed by atoms with Crippen LogP contribution >= 0.6 is 46.4 Å². The molecular weight excluding hydrogens is 478 g/mol. The molecule has 0 bridgehead atoms. The quantitative estimate of drug-likeness (QED) is 0.288. The summed E-state index contributed by atoms with van der Waals surface area (Å²) < 4.78 is 5.73. The predicted molar refractivity (Wildman–Crippen MR) is 126 cm³/mol. The Morgan fingerprint density at radius 2 is 1.68 bits per heavy atom.